The smallest absolute Gasteiger partial charge is 0.267 e. The fourth-order valence-electron chi connectivity index (χ4n) is 5.01. The number of nitrogens with zero attached hydrogens (tertiary/aromatic N) is 2. The molecule has 30 heavy (non-hydrogen) atoms. The van der Waals surface area contributed by atoms with Crippen LogP contribution in [0.25, 0.3) is 10.9 Å². The summed E-state index contributed by atoms with van der Waals surface area (Å²) in [6.07, 6.45) is 5.07. The van der Waals surface area contributed by atoms with Gasteiger partial charge in [0, 0.05) is 50.6 Å². The second kappa shape index (κ2) is 8.38. The summed E-state index contributed by atoms with van der Waals surface area (Å²) in [6.45, 7) is 5.42. The Labute approximate surface area is 176 Å². The lowest BCUT2D eigenvalue weighted by Gasteiger charge is -2.36. The number of halogens is 1. The van der Waals surface area contributed by atoms with Gasteiger partial charge in [-0.25, -0.2) is 4.39 Å². The molecule has 0 unspecified atom stereocenters. The van der Waals surface area contributed by atoms with Gasteiger partial charge in [0.05, 0.1) is 5.52 Å². The highest BCUT2D eigenvalue weighted by molar-refractivity contribution is 5.99. The zero-order chi connectivity index (χ0) is 21.4. The topological polar surface area (TPSA) is 68.4 Å². The fraction of sp³-hybridized carbons (Fsp3) is 0.565. The van der Waals surface area contributed by atoms with E-state index >= 15 is 0 Å². The van der Waals surface area contributed by atoms with Crippen LogP contribution >= 0.6 is 0 Å². The predicted octanol–water partition coefficient (Wildman–Crippen LogP) is 3.21. The second-order valence-electron chi connectivity index (χ2n) is 8.89. The first-order valence-corrected chi connectivity index (χ1v) is 10.9. The average molecular weight is 415 g/mol. The van der Waals surface area contributed by atoms with E-state index in [1.807, 2.05) is 18.9 Å². The Morgan fingerprint density at radius 2 is 2.07 bits per heavy atom. The van der Waals surface area contributed by atoms with Gasteiger partial charge in [0.25, 0.3) is 5.91 Å². The van der Waals surface area contributed by atoms with Crippen molar-refractivity contribution in [2.24, 2.45) is 0 Å². The van der Waals surface area contributed by atoms with E-state index in [1.165, 1.54) is 6.07 Å². The number of carbonyl (C=O) groups excluding carboxylic acids is 2. The van der Waals surface area contributed by atoms with Crippen LogP contribution in [-0.2, 0) is 4.79 Å². The Balaban J connectivity index is 1.39. The number of hydrogen-bond donors (Lipinski definition) is 2. The van der Waals surface area contributed by atoms with Gasteiger partial charge in [-0.3, -0.25) is 14.5 Å². The van der Waals surface area contributed by atoms with Gasteiger partial charge in [0.15, 0.2) is 0 Å². The largest absolute Gasteiger partial charge is 0.350 e. The van der Waals surface area contributed by atoms with Crippen molar-refractivity contribution in [2.45, 2.75) is 64.1 Å². The van der Waals surface area contributed by atoms with Crippen molar-refractivity contribution in [3.63, 3.8) is 0 Å². The van der Waals surface area contributed by atoms with Crippen LogP contribution in [0.4, 0.5) is 4.39 Å². The number of fused-ring (bicyclic) bond motifs is 1. The number of amides is 2. The minimum Gasteiger partial charge on any atom is -0.350 e. The summed E-state index contributed by atoms with van der Waals surface area (Å²) < 4.78 is 14.1. The number of H-pyrrole nitrogens is 1. The van der Waals surface area contributed by atoms with Crippen LogP contribution in [0.3, 0.4) is 0 Å². The molecule has 2 heterocycles. The van der Waals surface area contributed by atoms with Gasteiger partial charge in [-0.1, -0.05) is 6.07 Å². The number of carbonyl (C=O) groups is 2. The Hall–Kier alpha value is -2.41. The number of aromatic nitrogens is 1. The summed E-state index contributed by atoms with van der Waals surface area (Å²) in [4.78, 5) is 31.9. The molecule has 2 aliphatic rings. The number of aromatic amines is 1. The molecule has 1 aliphatic carbocycles. The zero-order valence-electron chi connectivity index (χ0n) is 18.0. The van der Waals surface area contributed by atoms with Crippen molar-refractivity contribution in [1.29, 1.82) is 0 Å². The Bertz CT molecular complexity index is 917. The van der Waals surface area contributed by atoms with E-state index in [9.17, 15) is 14.0 Å². The molecule has 2 amide bonds. The molecule has 6 nitrogen and oxygen atoms in total. The highest BCUT2D eigenvalue weighted by atomic mass is 19.1. The van der Waals surface area contributed by atoms with Crippen LogP contribution in [0.1, 0.15) is 55.1 Å². The molecule has 0 radical (unpaired) electrons. The van der Waals surface area contributed by atoms with Crippen molar-refractivity contribution in [3.05, 3.63) is 35.3 Å². The summed E-state index contributed by atoms with van der Waals surface area (Å²) in [5, 5.41) is 3.61. The molecular formula is C23H31FN4O2. The van der Waals surface area contributed by atoms with Gasteiger partial charge in [-0.15, -0.1) is 0 Å². The van der Waals surface area contributed by atoms with E-state index in [2.05, 4.69) is 15.2 Å². The SMILES string of the molecule is CC(=O)N(C)[C@H]1CCN([C@@H]2CCC[C@@H](NC(=O)c3cc4c(F)ccc(C)c4[nH]3)C2)C1. The highest BCUT2D eigenvalue weighted by Crippen LogP contribution is 2.28. The van der Waals surface area contributed by atoms with E-state index in [0.717, 1.165) is 50.8 Å². The lowest BCUT2D eigenvalue weighted by atomic mass is 9.90. The number of hydrogen-bond acceptors (Lipinski definition) is 3. The van der Waals surface area contributed by atoms with Gasteiger partial charge >= 0.3 is 0 Å². The molecule has 0 spiro atoms. The number of aryl methyl sites for hydroxylation is 1. The van der Waals surface area contributed by atoms with E-state index in [1.54, 1.807) is 19.1 Å². The van der Waals surface area contributed by atoms with E-state index in [0.29, 0.717) is 22.6 Å². The maximum Gasteiger partial charge on any atom is 0.267 e. The van der Waals surface area contributed by atoms with Crippen molar-refractivity contribution in [1.82, 2.24) is 20.1 Å². The highest BCUT2D eigenvalue weighted by Gasteiger charge is 2.34. The summed E-state index contributed by atoms with van der Waals surface area (Å²) >= 11 is 0. The van der Waals surface area contributed by atoms with Crippen LogP contribution in [0.2, 0.25) is 0 Å². The lowest BCUT2D eigenvalue weighted by Crippen LogP contribution is -2.46. The van der Waals surface area contributed by atoms with Crippen LogP contribution in [0.15, 0.2) is 18.2 Å². The number of nitrogens with one attached hydrogen (secondary N) is 2. The molecule has 1 saturated heterocycles. The Kier molecular flexibility index (Phi) is 5.82. The molecule has 2 fully saturated rings. The average Bonchev–Trinajstić information content (AvgIpc) is 3.39. The molecule has 1 aliphatic heterocycles. The number of likely N-dealkylation sites (N-methyl/N-ethyl adjacent to an activating group) is 1. The van der Waals surface area contributed by atoms with E-state index in [4.69, 9.17) is 0 Å². The first-order valence-electron chi connectivity index (χ1n) is 10.9. The summed E-state index contributed by atoms with van der Waals surface area (Å²) in [5.41, 5.74) is 2.01. The van der Waals surface area contributed by atoms with Gasteiger partial charge < -0.3 is 15.2 Å². The van der Waals surface area contributed by atoms with Crippen LogP contribution < -0.4 is 5.32 Å². The fourth-order valence-corrected chi connectivity index (χ4v) is 5.01. The van der Waals surface area contributed by atoms with Crippen molar-refractivity contribution in [2.75, 3.05) is 20.1 Å². The lowest BCUT2D eigenvalue weighted by molar-refractivity contribution is -0.129. The molecule has 4 rings (SSSR count). The first kappa shape index (κ1) is 20.8. The van der Waals surface area contributed by atoms with E-state index in [-0.39, 0.29) is 29.7 Å². The third kappa shape index (κ3) is 4.08. The normalized spacial score (nSPS) is 24.9. The number of rotatable bonds is 4. The Morgan fingerprint density at radius 3 is 2.80 bits per heavy atom. The minimum atomic E-state index is -0.317. The molecule has 1 aromatic carbocycles. The molecule has 7 heteroatoms. The zero-order valence-corrected chi connectivity index (χ0v) is 18.0. The Morgan fingerprint density at radius 1 is 1.27 bits per heavy atom. The summed E-state index contributed by atoms with van der Waals surface area (Å²) in [5.74, 6) is -0.380. The maximum absolute atomic E-state index is 14.1. The molecular weight excluding hydrogens is 383 g/mol. The van der Waals surface area contributed by atoms with Crippen molar-refractivity contribution in [3.8, 4) is 0 Å². The number of benzene rings is 1. The third-order valence-electron chi connectivity index (χ3n) is 6.93. The van der Waals surface area contributed by atoms with Crippen LogP contribution in [0, 0.1) is 12.7 Å². The standard InChI is InChI=1S/C23H31FN4O2/c1-14-7-8-20(24)19-12-21(26-22(14)19)23(30)25-16-5-4-6-17(11-16)28-10-9-18(13-28)27(3)15(2)29/h7-8,12,16-18,26H,4-6,9-11,13H2,1-3H3,(H,25,30)/t16-,17-,18+/m1/s1. The molecule has 3 atom stereocenters. The third-order valence-corrected chi connectivity index (χ3v) is 6.93. The second-order valence-corrected chi connectivity index (χ2v) is 8.89. The molecule has 1 aromatic heterocycles. The predicted molar refractivity (Wildman–Crippen MR) is 115 cm³/mol. The molecule has 162 valence electrons. The molecule has 2 N–H and O–H groups in total. The van der Waals surface area contributed by atoms with Crippen molar-refractivity contribution < 1.29 is 14.0 Å². The monoisotopic (exact) mass is 414 g/mol. The van der Waals surface area contributed by atoms with Crippen molar-refractivity contribution >= 4 is 22.7 Å². The minimum absolute atomic E-state index is 0.109. The number of likely N-dealkylation sites (tertiary alicyclic amines) is 1. The van der Waals surface area contributed by atoms with Gasteiger partial charge in [0.2, 0.25) is 5.91 Å². The van der Waals surface area contributed by atoms with E-state index < -0.39 is 0 Å². The maximum atomic E-state index is 14.1. The van der Waals surface area contributed by atoms with Gasteiger partial charge in [-0.05, 0) is 56.7 Å². The molecule has 0 bridgehead atoms. The molecule has 2 aromatic rings. The summed E-state index contributed by atoms with van der Waals surface area (Å²) in [6, 6.07) is 5.58. The first-order chi connectivity index (χ1) is 14.3. The van der Waals surface area contributed by atoms with Crippen LogP contribution in [-0.4, -0.2) is 64.9 Å². The van der Waals surface area contributed by atoms with Gasteiger partial charge in [0.1, 0.15) is 11.5 Å². The van der Waals surface area contributed by atoms with Crippen LogP contribution in [0.5, 0.6) is 0 Å². The quantitative estimate of drug-likeness (QED) is 0.807. The van der Waals surface area contributed by atoms with Gasteiger partial charge in [-0.2, -0.15) is 0 Å². The molecule has 1 saturated carbocycles. The summed E-state index contributed by atoms with van der Waals surface area (Å²) in [7, 11) is 1.88.